The second kappa shape index (κ2) is 5.12. The van der Waals surface area contributed by atoms with E-state index in [1.807, 2.05) is 6.92 Å². The lowest BCUT2D eigenvalue weighted by atomic mass is 10.1. The highest BCUT2D eigenvalue weighted by Gasteiger charge is 2.25. The molecule has 1 aromatic rings. The standard InChI is InChI=1S/C12H16ClN3O2/c1-7-5-12(16(17)18)8(13)6-11(7)15-10-4-2-3-9(10)14/h5-6,9-10,15H,2-4,14H2,1H3. The average molecular weight is 270 g/mol. The van der Waals surface area contributed by atoms with Gasteiger partial charge in [0, 0.05) is 23.8 Å². The Hall–Kier alpha value is -1.33. The fourth-order valence-electron chi connectivity index (χ4n) is 2.33. The number of benzene rings is 1. The van der Waals surface area contributed by atoms with Gasteiger partial charge in [-0.1, -0.05) is 11.6 Å². The topological polar surface area (TPSA) is 81.2 Å². The van der Waals surface area contributed by atoms with E-state index in [4.69, 9.17) is 17.3 Å². The van der Waals surface area contributed by atoms with Gasteiger partial charge in [0.2, 0.25) is 0 Å². The van der Waals surface area contributed by atoms with E-state index in [0.29, 0.717) is 0 Å². The third-order valence-corrected chi connectivity index (χ3v) is 3.70. The maximum atomic E-state index is 10.8. The number of nitro benzene ring substituents is 1. The summed E-state index contributed by atoms with van der Waals surface area (Å²) in [6.45, 7) is 1.83. The molecule has 2 rings (SSSR count). The lowest BCUT2D eigenvalue weighted by Crippen LogP contribution is -2.35. The molecule has 3 N–H and O–H groups in total. The summed E-state index contributed by atoms with van der Waals surface area (Å²) in [6, 6.07) is 3.46. The van der Waals surface area contributed by atoms with Crippen LogP contribution in [0.15, 0.2) is 12.1 Å². The average Bonchev–Trinajstić information content (AvgIpc) is 2.69. The van der Waals surface area contributed by atoms with Crippen LogP contribution in [0.25, 0.3) is 0 Å². The smallest absolute Gasteiger partial charge is 0.288 e. The summed E-state index contributed by atoms with van der Waals surface area (Å²) >= 11 is 5.91. The zero-order chi connectivity index (χ0) is 13.3. The van der Waals surface area contributed by atoms with E-state index >= 15 is 0 Å². The highest BCUT2D eigenvalue weighted by atomic mass is 35.5. The summed E-state index contributed by atoms with van der Waals surface area (Å²) in [4.78, 5) is 10.3. The van der Waals surface area contributed by atoms with Gasteiger partial charge < -0.3 is 11.1 Å². The molecule has 0 bridgehead atoms. The fourth-order valence-corrected chi connectivity index (χ4v) is 2.56. The van der Waals surface area contributed by atoms with Crippen molar-refractivity contribution in [1.29, 1.82) is 0 Å². The van der Waals surface area contributed by atoms with Crippen LogP contribution >= 0.6 is 11.6 Å². The van der Waals surface area contributed by atoms with Gasteiger partial charge in [0.05, 0.1) is 4.92 Å². The molecule has 0 amide bonds. The molecule has 1 aliphatic rings. The summed E-state index contributed by atoms with van der Waals surface area (Å²) in [7, 11) is 0. The number of anilines is 1. The van der Waals surface area contributed by atoms with Gasteiger partial charge >= 0.3 is 0 Å². The number of aryl methyl sites for hydroxylation is 1. The number of nitrogens with one attached hydrogen (secondary N) is 1. The summed E-state index contributed by atoms with van der Waals surface area (Å²) in [5.41, 5.74) is 7.57. The fraction of sp³-hybridized carbons (Fsp3) is 0.500. The number of hydrogen-bond acceptors (Lipinski definition) is 4. The van der Waals surface area contributed by atoms with Gasteiger partial charge in [0.15, 0.2) is 0 Å². The Morgan fingerprint density at radius 1 is 1.50 bits per heavy atom. The number of nitrogens with two attached hydrogens (primary N) is 1. The van der Waals surface area contributed by atoms with Crippen LogP contribution in [0.2, 0.25) is 5.02 Å². The Balaban J connectivity index is 2.23. The molecule has 98 valence electrons. The lowest BCUT2D eigenvalue weighted by molar-refractivity contribution is -0.384. The second-order valence-corrected chi connectivity index (χ2v) is 5.13. The molecule has 0 spiro atoms. The molecular formula is C12H16ClN3O2. The van der Waals surface area contributed by atoms with E-state index in [2.05, 4.69) is 5.32 Å². The normalized spacial score (nSPS) is 23.1. The first kappa shape index (κ1) is 13.1. The zero-order valence-corrected chi connectivity index (χ0v) is 10.9. The Kier molecular flexibility index (Phi) is 3.73. The highest BCUT2D eigenvalue weighted by Crippen LogP contribution is 2.32. The molecule has 2 atom stereocenters. The van der Waals surface area contributed by atoms with Crippen molar-refractivity contribution in [2.45, 2.75) is 38.3 Å². The van der Waals surface area contributed by atoms with Crippen LogP contribution in [0.5, 0.6) is 0 Å². The minimum Gasteiger partial charge on any atom is -0.380 e. The van der Waals surface area contributed by atoms with Gasteiger partial charge in [-0.15, -0.1) is 0 Å². The van der Waals surface area contributed by atoms with Gasteiger partial charge in [-0.25, -0.2) is 0 Å². The van der Waals surface area contributed by atoms with E-state index in [-0.39, 0.29) is 22.8 Å². The van der Waals surface area contributed by atoms with Crippen molar-refractivity contribution in [2.24, 2.45) is 5.73 Å². The zero-order valence-electron chi connectivity index (χ0n) is 10.1. The van der Waals surface area contributed by atoms with E-state index in [9.17, 15) is 10.1 Å². The molecule has 18 heavy (non-hydrogen) atoms. The molecule has 6 heteroatoms. The van der Waals surface area contributed by atoms with Crippen molar-refractivity contribution in [2.75, 3.05) is 5.32 Å². The van der Waals surface area contributed by atoms with Gasteiger partial charge in [0.25, 0.3) is 5.69 Å². The van der Waals surface area contributed by atoms with Crippen LogP contribution < -0.4 is 11.1 Å². The van der Waals surface area contributed by atoms with Crippen LogP contribution in [0.3, 0.4) is 0 Å². The minimum atomic E-state index is -0.472. The number of nitrogens with zero attached hydrogens (tertiary/aromatic N) is 1. The van der Waals surface area contributed by atoms with Crippen molar-refractivity contribution in [3.8, 4) is 0 Å². The SMILES string of the molecule is Cc1cc([N+](=O)[O-])c(Cl)cc1NC1CCCC1N. The molecule has 0 heterocycles. The molecule has 1 aromatic carbocycles. The molecule has 0 saturated heterocycles. The molecule has 1 fully saturated rings. The van der Waals surface area contributed by atoms with Crippen molar-refractivity contribution >= 4 is 23.0 Å². The molecule has 1 saturated carbocycles. The van der Waals surface area contributed by atoms with Crippen LogP contribution in [-0.2, 0) is 0 Å². The third kappa shape index (κ3) is 2.57. The summed E-state index contributed by atoms with van der Waals surface area (Å²) in [6.07, 6.45) is 3.14. The predicted octanol–water partition coefficient (Wildman–Crippen LogP) is 2.85. The number of hydrogen-bond donors (Lipinski definition) is 2. The Morgan fingerprint density at radius 3 is 2.78 bits per heavy atom. The van der Waals surface area contributed by atoms with Gasteiger partial charge in [0.1, 0.15) is 5.02 Å². The van der Waals surface area contributed by atoms with Gasteiger partial charge in [-0.2, -0.15) is 0 Å². The molecule has 0 aliphatic heterocycles. The van der Waals surface area contributed by atoms with E-state index in [1.165, 1.54) is 6.07 Å². The van der Waals surface area contributed by atoms with Crippen LogP contribution in [0, 0.1) is 17.0 Å². The highest BCUT2D eigenvalue weighted by molar-refractivity contribution is 6.33. The summed E-state index contributed by atoms with van der Waals surface area (Å²) in [5.74, 6) is 0. The summed E-state index contributed by atoms with van der Waals surface area (Å²) < 4.78 is 0. The Morgan fingerprint density at radius 2 is 2.22 bits per heavy atom. The van der Waals surface area contributed by atoms with E-state index in [1.54, 1.807) is 6.07 Å². The van der Waals surface area contributed by atoms with Crippen LogP contribution in [-0.4, -0.2) is 17.0 Å². The quantitative estimate of drug-likeness (QED) is 0.653. The Bertz CT molecular complexity index is 479. The molecule has 0 radical (unpaired) electrons. The lowest BCUT2D eigenvalue weighted by Gasteiger charge is -2.20. The number of nitro groups is 1. The maximum Gasteiger partial charge on any atom is 0.288 e. The molecule has 5 nitrogen and oxygen atoms in total. The minimum absolute atomic E-state index is 0.0598. The molecule has 1 aliphatic carbocycles. The van der Waals surface area contributed by atoms with Gasteiger partial charge in [-0.05, 0) is 37.8 Å². The first-order chi connectivity index (χ1) is 8.49. The first-order valence-corrected chi connectivity index (χ1v) is 6.33. The van der Waals surface area contributed by atoms with Crippen molar-refractivity contribution in [3.63, 3.8) is 0 Å². The maximum absolute atomic E-state index is 10.8. The molecule has 0 aromatic heterocycles. The number of rotatable bonds is 3. The van der Waals surface area contributed by atoms with Gasteiger partial charge in [-0.3, -0.25) is 10.1 Å². The third-order valence-electron chi connectivity index (χ3n) is 3.40. The van der Waals surface area contributed by atoms with Crippen LogP contribution in [0.1, 0.15) is 24.8 Å². The Labute approximate surface area is 110 Å². The monoisotopic (exact) mass is 269 g/mol. The predicted molar refractivity (Wildman–Crippen MR) is 72.1 cm³/mol. The number of halogens is 1. The molecular weight excluding hydrogens is 254 g/mol. The van der Waals surface area contributed by atoms with Crippen molar-refractivity contribution in [1.82, 2.24) is 0 Å². The van der Waals surface area contributed by atoms with Crippen molar-refractivity contribution in [3.05, 3.63) is 32.8 Å². The molecule has 2 unspecified atom stereocenters. The second-order valence-electron chi connectivity index (χ2n) is 4.72. The first-order valence-electron chi connectivity index (χ1n) is 5.95. The van der Waals surface area contributed by atoms with E-state index in [0.717, 1.165) is 30.5 Å². The largest absolute Gasteiger partial charge is 0.380 e. The van der Waals surface area contributed by atoms with Crippen LogP contribution in [0.4, 0.5) is 11.4 Å². The summed E-state index contributed by atoms with van der Waals surface area (Å²) in [5, 5.41) is 14.2. The van der Waals surface area contributed by atoms with E-state index < -0.39 is 4.92 Å². The van der Waals surface area contributed by atoms with Crippen molar-refractivity contribution < 1.29 is 4.92 Å².